The molecule has 8 atom stereocenters. The monoisotopic (exact) mass is 544 g/mol. The summed E-state index contributed by atoms with van der Waals surface area (Å²) in [4.78, 5) is 25.3. The molecule has 8 unspecified atom stereocenters. The Morgan fingerprint density at radius 1 is 1.00 bits per heavy atom. The normalized spacial score (nSPS) is 45.3. The molecule has 0 aliphatic heterocycles. The maximum Gasteiger partial charge on any atom is 0.415 e. The van der Waals surface area contributed by atoms with E-state index in [1.165, 1.54) is 25.7 Å². The highest BCUT2D eigenvalue weighted by atomic mass is 32.2. The number of hydrogen-bond acceptors (Lipinski definition) is 8. The summed E-state index contributed by atoms with van der Waals surface area (Å²) < 4.78 is 42.9. The van der Waals surface area contributed by atoms with E-state index in [1.807, 2.05) is 0 Å². The van der Waals surface area contributed by atoms with Gasteiger partial charge in [0.2, 0.25) is 0 Å². The lowest BCUT2D eigenvalue weighted by molar-refractivity contribution is -0.433. The third-order valence-electron chi connectivity index (χ3n) is 11.1. The summed E-state index contributed by atoms with van der Waals surface area (Å²) in [6.45, 7) is 2.16. The fourth-order valence-electron chi connectivity index (χ4n) is 10.4. The zero-order chi connectivity index (χ0) is 26.0. The molecule has 10 heteroatoms. The third-order valence-corrected chi connectivity index (χ3v) is 11.6. The molecule has 7 saturated carbocycles. The molecule has 0 aromatic heterocycles. The van der Waals surface area contributed by atoms with E-state index in [9.17, 15) is 18.4 Å². The van der Waals surface area contributed by atoms with Crippen LogP contribution in [0.2, 0.25) is 0 Å². The van der Waals surface area contributed by atoms with Crippen LogP contribution < -0.4 is 0 Å². The SMILES string of the molecule is CCC1CC2C3CC(CC(=O)OC45CC6CC(CC(COC(=O)C(F)(F)SOOO)(C6)C4)C5)C(C3)C2C1. The topological polar surface area (TPSA) is 91.3 Å². The van der Waals surface area contributed by atoms with Crippen LogP contribution in [-0.2, 0) is 28.4 Å². The van der Waals surface area contributed by atoms with Gasteiger partial charge in [-0.1, -0.05) is 18.4 Å². The summed E-state index contributed by atoms with van der Waals surface area (Å²) in [5, 5.41) is 7.27. The Kier molecular flexibility index (Phi) is 6.81. The highest BCUT2D eigenvalue weighted by molar-refractivity contribution is 7.96. The van der Waals surface area contributed by atoms with E-state index in [4.69, 9.17) is 14.7 Å². The number of carbonyl (C=O) groups excluding carboxylic acids is 2. The number of rotatable bonds is 10. The molecule has 0 heterocycles. The average molecular weight is 545 g/mol. The zero-order valence-corrected chi connectivity index (χ0v) is 22.2. The van der Waals surface area contributed by atoms with Crippen LogP contribution in [0.4, 0.5) is 8.78 Å². The van der Waals surface area contributed by atoms with E-state index in [-0.39, 0.29) is 12.6 Å². The molecule has 6 bridgehead atoms. The lowest BCUT2D eigenvalue weighted by atomic mass is 9.48. The van der Waals surface area contributed by atoms with E-state index >= 15 is 0 Å². The van der Waals surface area contributed by atoms with Gasteiger partial charge in [0, 0.05) is 11.8 Å². The molecule has 0 amide bonds. The lowest BCUT2D eigenvalue weighted by Gasteiger charge is -2.60. The van der Waals surface area contributed by atoms with Crippen molar-refractivity contribution in [2.24, 2.45) is 52.8 Å². The van der Waals surface area contributed by atoms with Crippen LogP contribution in [0.25, 0.3) is 0 Å². The van der Waals surface area contributed by atoms with Crippen molar-refractivity contribution in [1.29, 1.82) is 0 Å². The van der Waals surface area contributed by atoms with E-state index in [0.29, 0.717) is 36.5 Å². The van der Waals surface area contributed by atoms with Crippen LogP contribution in [-0.4, -0.2) is 34.7 Å². The second-order valence-corrected chi connectivity index (χ2v) is 14.2. The molecule has 7 nitrogen and oxygen atoms in total. The molecule has 0 radical (unpaired) electrons. The summed E-state index contributed by atoms with van der Waals surface area (Å²) in [6.07, 6.45) is 11.7. The van der Waals surface area contributed by atoms with Crippen LogP contribution in [0.5, 0.6) is 0 Å². The first-order valence-electron chi connectivity index (χ1n) is 14.1. The molecule has 7 aliphatic carbocycles. The van der Waals surface area contributed by atoms with Crippen molar-refractivity contribution in [2.45, 2.75) is 94.8 Å². The first kappa shape index (κ1) is 26.3. The first-order valence-corrected chi connectivity index (χ1v) is 14.8. The highest BCUT2D eigenvalue weighted by Gasteiger charge is 2.61. The summed E-state index contributed by atoms with van der Waals surface area (Å²) in [5.74, 6) is 3.28. The lowest BCUT2D eigenvalue weighted by Crippen LogP contribution is -2.59. The first-order chi connectivity index (χ1) is 17.6. The smallest absolute Gasteiger partial charge is 0.415 e. The number of esters is 2. The molecule has 7 fully saturated rings. The minimum Gasteiger partial charge on any atom is -0.460 e. The molecule has 0 spiro atoms. The van der Waals surface area contributed by atoms with Gasteiger partial charge in [-0.2, -0.15) is 8.78 Å². The molecule has 37 heavy (non-hydrogen) atoms. The standard InChI is InChI=1S/C27H38F2O7S/c1-2-15-4-20-18-6-19(21(7-18)22(20)5-15)8-23(30)34-26-11-16-3-17(12-26)10-25(9-16,13-26)14-33-24(31)27(28,29)37-36-35-32/h15-22,32H,2-14H2,1H3. The second kappa shape index (κ2) is 9.59. The van der Waals surface area contributed by atoms with E-state index in [1.54, 1.807) is 0 Å². The van der Waals surface area contributed by atoms with Crippen molar-refractivity contribution < 1.29 is 42.5 Å². The summed E-state index contributed by atoms with van der Waals surface area (Å²) in [5.41, 5.74) is -1.02. The van der Waals surface area contributed by atoms with Gasteiger partial charge in [-0.15, -0.1) is 4.33 Å². The molecular formula is C27H38F2O7S. The van der Waals surface area contributed by atoms with Crippen LogP contribution in [0.15, 0.2) is 0 Å². The molecule has 0 aromatic carbocycles. The van der Waals surface area contributed by atoms with Crippen LogP contribution in [0, 0.1) is 52.8 Å². The van der Waals surface area contributed by atoms with Crippen molar-refractivity contribution in [3.63, 3.8) is 0 Å². The van der Waals surface area contributed by atoms with Gasteiger partial charge in [0.1, 0.15) is 17.6 Å². The Balaban J connectivity index is 1.07. The summed E-state index contributed by atoms with van der Waals surface area (Å²) >= 11 is -0.611. The van der Waals surface area contributed by atoms with Crippen molar-refractivity contribution in [3.8, 4) is 0 Å². The predicted molar refractivity (Wildman–Crippen MR) is 129 cm³/mol. The van der Waals surface area contributed by atoms with Crippen molar-refractivity contribution in [1.82, 2.24) is 0 Å². The zero-order valence-electron chi connectivity index (χ0n) is 21.4. The largest absolute Gasteiger partial charge is 0.460 e. The maximum atomic E-state index is 13.9. The van der Waals surface area contributed by atoms with Crippen molar-refractivity contribution in [2.75, 3.05) is 6.61 Å². The predicted octanol–water partition coefficient (Wildman–Crippen LogP) is 6.17. The van der Waals surface area contributed by atoms with E-state index < -0.39 is 34.3 Å². The van der Waals surface area contributed by atoms with Gasteiger partial charge < -0.3 is 9.47 Å². The fraction of sp³-hybridized carbons (Fsp3) is 0.926. The summed E-state index contributed by atoms with van der Waals surface area (Å²) in [6, 6.07) is 0. The van der Waals surface area contributed by atoms with Crippen molar-refractivity contribution >= 4 is 24.0 Å². The average Bonchev–Trinajstić information content (AvgIpc) is 3.51. The van der Waals surface area contributed by atoms with E-state index in [2.05, 4.69) is 16.3 Å². The quantitative estimate of drug-likeness (QED) is 0.151. The number of alkyl halides is 2. The fourth-order valence-corrected chi connectivity index (χ4v) is 10.7. The highest BCUT2D eigenvalue weighted by Crippen LogP contribution is 2.65. The molecule has 0 aromatic rings. The van der Waals surface area contributed by atoms with Gasteiger partial charge in [0.15, 0.2) is 0 Å². The van der Waals surface area contributed by atoms with Gasteiger partial charge in [-0.3, -0.25) is 4.79 Å². The van der Waals surface area contributed by atoms with Crippen molar-refractivity contribution in [3.05, 3.63) is 0 Å². The number of fused-ring (bicyclic) bond motifs is 5. The minimum atomic E-state index is -4.01. The van der Waals surface area contributed by atoms with Crippen LogP contribution >= 0.6 is 12.0 Å². The van der Waals surface area contributed by atoms with Gasteiger partial charge in [0.05, 0.1) is 6.61 Å². The van der Waals surface area contributed by atoms with Crippen LogP contribution in [0.3, 0.4) is 0 Å². The number of halogens is 2. The van der Waals surface area contributed by atoms with Gasteiger partial charge in [0.25, 0.3) is 0 Å². The van der Waals surface area contributed by atoms with Crippen LogP contribution in [0.1, 0.15) is 84.0 Å². The molecule has 7 aliphatic rings. The number of hydrogen-bond donors (Lipinski definition) is 1. The Bertz CT molecular complexity index is 901. The Hall–Kier alpha value is -0.970. The minimum absolute atomic E-state index is 0.0997. The second-order valence-electron chi connectivity index (χ2n) is 13.4. The summed E-state index contributed by atoms with van der Waals surface area (Å²) in [7, 11) is 0. The number of ether oxygens (including phenoxy) is 2. The van der Waals surface area contributed by atoms with Gasteiger partial charge in [-0.25, -0.2) is 10.1 Å². The Labute approximate surface area is 220 Å². The Morgan fingerprint density at radius 3 is 2.43 bits per heavy atom. The van der Waals surface area contributed by atoms with E-state index in [0.717, 1.165) is 62.2 Å². The molecule has 7 rings (SSSR count). The Morgan fingerprint density at radius 2 is 1.73 bits per heavy atom. The molecular weight excluding hydrogens is 506 g/mol. The molecule has 208 valence electrons. The molecule has 0 saturated heterocycles. The third kappa shape index (κ3) is 4.82. The molecule has 1 N–H and O–H groups in total. The van der Waals surface area contributed by atoms with Gasteiger partial charge >= 0.3 is 17.2 Å². The van der Waals surface area contributed by atoms with Gasteiger partial charge in [-0.05, 0) is 112 Å². The number of carbonyl (C=O) groups is 2. The maximum absolute atomic E-state index is 13.9.